The van der Waals surface area contributed by atoms with Crippen LogP contribution in [0.1, 0.15) is 43.9 Å². The van der Waals surface area contributed by atoms with Gasteiger partial charge in [-0.25, -0.2) is 13.6 Å². The van der Waals surface area contributed by atoms with Gasteiger partial charge in [0.2, 0.25) is 5.91 Å². The second-order valence-corrected chi connectivity index (χ2v) is 8.13. The molecule has 1 aliphatic rings. The maximum atomic E-state index is 13.1. The van der Waals surface area contributed by atoms with Crippen molar-refractivity contribution < 1.29 is 84.3 Å². The summed E-state index contributed by atoms with van der Waals surface area (Å²) in [6, 6.07) is 13.5. The molecule has 11 heteroatoms. The van der Waals surface area contributed by atoms with Gasteiger partial charge in [0.25, 0.3) is 5.92 Å². The number of benzene rings is 2. The first-order chi connectivity index (χ1) is 17.2. The van der Waals surface area contributed by atoms with E-state index in [1.54, 1.807) is 55.5 Å². The Morgan fingerprint density at radius 2 is 1.81 bits per heavy atom. The third kappa shape index (κ3) is 9.47. The minimum absolute atomic E-state index is 0. The van der Waals surface area contributed by atoms with Gasteiger partial charge in [0.05, 0.1) is 12.0 Å². The first-order valence-corrected chi connectivity index (χ1v) is 11.5. The Morgan fingerprint density at radius 1 is 1.22 bits per heavy atom. The number of carbonyl (C=O) groups excluding carboxylic acids is 2. The van der Waals surface area contributed by atoms with Gasteiger partial charge in [0.15, 0.2) is 5.76 Å². The normalized spacial score (nSPS) is 16.4. The van der Waals surface area contributed by atoms with Crippen LogP contribution in [0.25, 0.3) is 5.76 Å². The Bertz CT molecular complexity index is 1110. The molecule has 2 aromatic rings. The number of rotatable bonds is 9. The SMILES string of the molecule is C=CO/C(=C(\CC)NC(=O)OC(C)c1ccccc1Cl)c1ccc(NC(=O)C2CC2(F)F)cc1.C[O-].[K+]. The van der Waals surface area contributed by atoms with Crippen LogP contribution in [0.2, 0.25) is 5.02 Å². The maximum absolute atomic E-state index is 13.1. The predicted octanol–water partition coefficient (Wildman–Crippen LogP) is 2.64. The minimum atomic E-state index is -2.93. The second kappa shape index (κ2) is 15.6. The first kappa shape index (κ1) is 33.2. The molecule has 2 N–H and O–H groups in total. The third-order valence-corrected chi connectivity index (χ3v) is 5.61. The van der Waals surface area contributed by atoms with Crippen molar-refractivity contribution in [2.24, 2.45) is 5.92 Å². The number of hydrogen-bond acceptors (Lipinski definition) is 5. The van der Waals surface area contributed by atoms with Crippen LogP contribution >= 0.6 is 11.6 Å². The monoisotopic (exact) mass is 560 g/mol. The molecule has 1 fully saturated rings. The summed E-state index contributed by atoms with van der Waals surface area (Å²) in [5.41, 5.74) is 2.05. The number of ether oxygens (including phenoxy) is 2. The number of hydrogen-bond donors (Lipinski definition) is 2. The molecule has 0 spiro atoms. The fourth-order valence-corrected chi connectivity index (χ4v) is 3.61. The van der Waals surface area contributed by atoms with Crippen molar-refractivity contribution in [1.29, 1.82) is 0 Å². The molecular formula is C26H28ClF2KN2O5. The molecular weight excluding hydrogens is 533 g/mol. The zero-order valence-electron chi connectivity index (χ0n) is 21.1. The number of allylic oxidation sites excluding steroid dienone is 1. The van der Waals surface area contributed by atoms with Gasteiger partial charge in [-0.2, -0.15) is 7.11 Å². The fraction of sp³-hybridized carbons (Fsp3) is 0.308. The molecule has 37 heavy (non-hydrogen) atoms. The summed E-state index contributed by atoms with van der Waals surface area (Å²) in [4.78, 5) is 24.4. The molecule has 1 saturated carbocycles. The summed E-state index contributed by atoms with van der Waals surface area (Å²) in [5, 5.41) is 13.9. The van der Waals surface area contributed by atoms with E-state index in [1.807, 2.05) is 6.92 Å². The third-order valence-electron chi connectivity index (χ3n) is 5.27. The Hall–Kier alpha value is -1.79. The van der Waals surface area contributed by atoms with E-state index in [0.29, 0.717) is 39.7 Å². The van der Waals surface area contributed by atoms with Gasteiger partial charge in [-0.3, -0.25) is 10.1 Å². The average molecular weight is 561 g/mol. The van der Waals surface area contributed by atoms with Crippen molar-refractivity contribution in [2.75, 3.05) is 12.4 Å². The van der Waals surface area contributed by atoms with Gasteiger partial charge >= 0.3 is 57.5 Å². The molecule has 1 aliphatic carbocycles. The van der Waals surface area contributed by atoms with Crippen LogP contribution in [0.15, 0.2) is 67.1 Å². The zero-order valence-corrected chi connectivity index (χ0v) is 25.0. The number of anilines is 1. The summed E-state index contributed by atoms with van der Waals surface area (Å²) < 4.78 is 37.2. The van der Waals surface area contributed by atoms with Crippen LogP contribution in [0, 0.1) is 5.92 Å². The Labute approximate surface area is 262 Å². The van der Waals surface area contributed by atoms with Crippen molar-refractivity contribution in [3.8, 4) is 0 Å². The largest absolute Gasteiger partial charge is 1.00 e. The standard InChI is InChI=1S/C25H25ClF2N2O4.CH3O.K/c1-4-21(30-24(32)34-15(3)18-8-6-7-9-20(18)26)22(33-5-2)16-10-12-17(13-11-16)29-23(31)19-14-25(19,27)28;1-2;/h5-13,15,19H,2,4,14H2,1,3H3,(H,29,31)(H,30,32);1H3;/q;-1;+1/b22-21+;;. The number of carbonyl (C=O) groups is 2. The van der Waals surface area contributed by atoms with Gasteiger partial charge in [-0.1, -0.05) is 43.3 Å². The van der Waals surface area contributed by atoms with Crippen LogP contribution in [-0.4, -0.2) is 25.0 Å². The van der Waals surface area contributed by atoms with E-state index in [0.717, 1.165) is 7.11 Å². The number of amides is 2. The zero-order chi connectivity index (χ0) is 26.9. The molecule has 2 atom stereocenters. The molecule has 194 valence electrons. The Kier molecular flexibility index (Phi) is 14.0. The molecule has 0 heterocycles. The minimum Gasteiger partial charge on any atom is -0.857 e. The van der Waals surface area contributed by atoms with E-state index < -0.39 is 36.4 Å². The van der Waals surface area contributed by atoms with Crippen molar-refractivity contribution in [3.63, 3.8) is 0 Å². The smallest absolute Gasteiger partial charge is 0.857 e. The van der Waals surface area contributed by atoms with Gasteiger partial charge in [-0.05, 0) is 43.7 Å². The molecule has 0 aromatic heterocycles. The molecule has 3 rings (SSSR count). The molecule has 7 nitrogen and oxygen atoms in total. The van der Waals surface area contributed by atoms with E-state index in [-0.39, 0.29) is 51.4 Å². The van der Waals surface area contributed by atoms with E-state index >= 15 is 0 Å². The summed E-state index contributed by atoms with van der Waals surface area (Å²) >= 11 is 6.17. The molecule has 2 aromatic carbocycles. The predicted molar refractivity (Wildman–Crippen MR) is 132 cm³/mol. The van der Waals surface area contributed by atoms with Crippen LogP contribution in [0.4, 0.5) is 19.3 Å². The van der Waals surface area contributed by atoms with Gasteiger partial charge < -0.3 is 19.9 Å². The van der Waals surface area contributed by atoms with Gasteiger partial charge in [-0.15, -0.1) is 0 Å². The van der Waals surface area contributed by atoms with Crippen LogP contribution in [-0.2, 0) is 14.3 Å². The van der Waals surface area contributed by atoms with Crippen LogP contribution < -0.4 is 67.1 Å². The molecule has 0 aliphatic heterocycles. The summed E-state index contributed by atoms with van der Waals surface area (Å²) in [7, 11) is 0.750. The van der Waals surface area contributed by atoms with Crippen molar-refractivity contribution in [3.05, 3.63) is 83.2 Å². The summed E-state index contributed by atoms with van der Waals surface area (Å²) in [6.07, 6.45) is -0.0993. The van der Waals surface area contributed by atoms with Crippen molar-refractivity contribution in [1.82, 2.24) is 5.32 Å². The van der Waals surface area contributed by atoms with Gasteiger partial charge in [0, 0.05) is 28.3 Å². The Balaban J connectivity index is 0.00000223. The second-order valence-electron chi connectivity index (χ2n) is 7.72. The van der Waals surface area contributed by atoms with Crippen molar-refractivity contribution in [2.45, 2.75) is 38.7 Å². The maximum Gasteiger partial charge on any atom is 1.00 e. The molecule has 2 unspecified atom stereocenters. The van der Waals surface area contributed by atoms with E-state index in [4.69, 9.17) is 26.2 Å². The van der Waals surface area contributed by atoms with E-state index in [1.165, 1.54) is 6.26 Å². The van der Waals surface area contributed by atoms with Crippen LogP contribution in [0.3, 0.4) is 0 Å². The number of alkyl carbamates (subject to hydrolysis) is 1. The van der Waals surface area contributed by atoms with Crippen LogP contribution in [0.5, 0.6) is 0 Å². The quantitative estimate of drug-likeness (QED) is 0.363. The van der Waals surface area contributed by atoms with Crippen molar-refractivity contribution >= 4 is 35.0 Å². The average Bonchev–Trinajstić information content (AvgIpc) is 3.51. The topological polar surface area (TPSA) is 99.7 Å². The van der Waals surface area contributed by atoms with Gasteiger partial charge in [0.1, 0.15) is 12.0 Å². The number of alkyl halides is 2. The van der Waals surface area contributed by atoms with E-state index in [9.17, 15) is 18.4 Å². The molecule has 0 bridgehead atoms. The first-order valence-electron chi connectivity index (χ1n) is 11.1. The summed E-state index contributed by atoms with van der Waals surface area (Å²) in [6.45, 7) is 7.11. The molecule has 2 amide bonds. The Morgan fingerprint density at radius 3 is 2.32 bits per heavy atom. The molecule has 0 saturated heterocycles. The number of nitrogens with one attached hydrogen (secondary N) is 2. The number of halogens is 3. The molecule has 0 radical (unpaired) electrons. The van der Waals surface area contributed by atoms with E-state index in [2.05, 4.69) is 17.2 Å². The fourth-order valence-electron chi connectivity index (χ4n) is 3.32. The summed E-state index contributed by atoms with van der Waals surface area (Å²) in [5.74, 6) is -4.62.